The number of benzene rings is 1. The van der Waals surface area contributed by atoms with Gasteiger partial charge in [-0.15, -0.1) is 0 Å². The fourth-order valence-electron chi connectivity index (χ4n) is 2.71. The Morgan fingerprint density at radius 2 is 1.86 bits per heavy atom. The van der Waals surface area contributed by atoms with Crippen LogP contribution >= 0.6 is 0 Å². The molecule has 0 bridgehead atoms. The van der Waals surface area contributed by atoms with Crippen molar-refractivity contribution in [2.75, 3.05) is 32.8 Å². The summed E-state index contributed by atoms with van der Waals surface area (Å²) < 4.78 is 5.52. The molecule has 2 unspecified atom stereocenters. The van der Waals surface area contributed by atoms with E-state index in [0.29, 0.717) is 12.1 Å². The first-order valence-corrected chi connectivity index (χ1v) is 8.34. The van der Waals surface area contributed by atoms with E-state index in [1.54, 1.807) is 0 Å². The van der Waals surface area contributed by atoms with E-state index in [1.807, 2.05) is 0 Å². The van der Waals surface area contributed by atoms with E-state index >= 15 is 0 Å². The second-order valence-corrected chi connectivity index (χ2v) is 5.41. The van der Waals surface area contributed by atoms with Gasteiger partial charge in [-0.25, -0.2) is 0 Å². The van der Waals surface area contributed by atoms with Crippen molar-refractivity contribution in [1.29, 1.82) is 0 Å². The first kappa shape index (κ1) is 18.1. The van der Waals surface area contributed by atoms with E-state index in [9.17, 15) is 0 Å². The van der Waals surface area contributed by atoms with E-state index < -0.39 is 0 Å². The molecule has 0 aliphatic rings. The molecule has 1 aromatic carbocycles. The molecule has 1 N–H and O–H groups in total. The third-order valence-corrected chi connectivity index (χ3v) is 3.96. The standard InChI is InChI=1S/C18H32N2O/c1-5-13-19-18(17-11-9-8-10-12-17)16(4)20(6-2)14-15-21-7-3/h8-12,16,18-19H,5-7,13-15H2,1-4H3. The highest BCUT2D eigenvalue weighted by Crippen LogP contribution is 2.21. The van der Waals surface area contributed by atoms with Crippen LogP contribution in [0.25, 0.3) is 0 Å². The van der Waals surface area contributed by atoms with Gasteiger partial charge in [0.1, 0.15) is 0 Å². The van der Waals surface area contributed by atoms with Crippen LogP contribution in [0.1, 0.15) is 45.7 Å². The van der Waals surface area contributed by atoms with Crippen molar-refractivity contribution >= 4 is 0 Å². The number of rotatable bonds is 11. The average Bonchev–Trinajstić information content (AvgIpc) is 2.53. The van der Waals surface area contributed by atoms with Crippen molar-refractivity contribution in [2.24, 2.45) is 0 Å². The molecule has 120 valence electrons. The third kappa shape index (κ3) is 6.16. The minimum absolute atomic E-state index is 0.368. The van der Waals surface area contributed by atoms with Gasteiger partial charge in [0.15, 0.2) is 0 Å². The summed E-state index contributed by atoms with van der Waals surface area (Å²) in [4.78, 5) is 2.50. The third-order valence-electron chi connectivity index (χ3n) is 3.96. The fraction of sp³-hybridized carbons (Fsp3) is 0.667. The molecule has 0 aromatic heterocycles. The van der Waals surface area contributed by atoms with Gasteiger partial charge in [0, 0.05) is 25.2 Å². The number of hydrogen-bond acceptors (Lipinski definition) is 3. The summed E-state index contributed by atoms with van der Waals surface area (Å²) in [6.45, 7) is 13.5. The summed E-state index contributed by atoms with van der Waals surface area (Å²) in [5.41, 5.74) is 1.37. The Hall–Kier alpha value is -0.900. The molecule has 0 heterocycles. The summed E-state index contributed by atoms with van der Waals surface area (Å²) in [5.74, 6) is 0. The monoisotopic (exact) mass is 292 g/mol. The van der Waals surface area contributed by atoms with E-state index in [4.69, 9.17) is 4.74 Å². The maximum atomic E-state index is 5.52. The van der Waals surface area contributed by atoms with Crippen LogP contribution < -0.4 is 5.32 Å². The van der Waals surface area contributed by atoms with Crippen LogP contribution in [0.3, 0.4) is 0 Å². The molecular weight excluding hydrogens is 260 g/mol. The van der Waals surface area contributed by atoms with Crippen molar-refractivity contribution in [1.82, 2.24) is 10.2 Å². The number of nitrogens with zero attached hydrogens (tertiary/aromatic N) is 1. The largest absolute Gasteiger partial charge is 0.380 e. The molecule has 0 radical (unpaired) electrons. The number of ether oxygens (including phenoxy) is 1. The molecule has 1 aromatic rings. The van der Waals surface area contributed by atoms with Gasteiger partial charge in [0.25, 0.3) is 0 Å². The summed E-state index contributed by atoms with van der Waals surface area (Å²) in [7, 11) is 0. The van der Waals surface area contributed by atoms with Crippen molar-refractivity contribution < 1.29 is 4.74 Å². The van der Waals surface area contributed by atoms with Gasteiger partial charge in [-0.3, -0.25) is 4.90 Å². The van der Waals surface area contributed by atoms with Gasteiger partial charge in [-0.2, -0.15) is 0 Å². The lowest BCUT2D eigenvalue weighted by Crippen LogP contribution is -2.44. The Labute approximate surface area is 130 Å². The van der Waals surface area contributed by atoms with Crippen LogP contribution in [0.4, 0.5) is 0 Å². The molecule has 0 spiro atoms. The quantitative estimate of drug-likeness (QED) is 0.632. The van der Waals surface area contributed by atoms with Crippen LogP contribution in [-0.4, -0.2) is 43.8 Å². The zero-order valence-electron chi connectivity index (χ0n) is 14.1. The van der Waals surface area contributed by atoms with Gasteiger partial charge in [-0.05, 0) is 38.9 Å². The number of hydrogen-bond donors (Lipinski definition) is 1. The lowest BCUT2D eigenvalue weighted by atomic mass is 9.99. The molecule has 1 rings (SSSR count). The Kier molecular flexibility index (Phi) is 9.31. The van der Waals surface area contributed by atoms with E-state index in [-0.39, 0.29) is 0 Å². The first-order chi connectivity index (χ1) is 10.2. The maximum absolute atomic E-state index is 5.52. The number of likely N-dealkylation sites (N-methyl/N-ethyl adjacent to an activating group) is 1. The van der Waals surface area contributed by atoms with E-state index in [1.165, 1.54) is 5.56 Å². The Bertz CT molecular complexity index is 355. The van der Waals surface area contributed by atoms with Crippen LogP contribution in [-0.2, 0) is 4.74 Å². The molecule has 21 heavy (non-hydrogen) atoms. The molecule has 0 fully saturated rings. The fourth-order valence-corrected chi connectivity index (χ4v) is 2.71. The number of nitrogens with one attached hydrogen (secondary N) is 1. The highest BCUT2D eigenvalue weighted by atomic mass is 16.5. The lowest BCUT2D eigenvalue weighted by molar-refractivity contribution is 0.0900. The highest BCUT2D eigenvalue weighted by molar-refractivity contribution is 5.20. The van der Waals surface area contributed by atoms with Crippen molar-refractivity contribution in [2.45, 2.75) is 46.2 Å². The highest BCUT2D eigenvalue weighted by Gasteiger charge is 2.23. The SMILES string of the molecule is CCCNC(c1ccccc1)C(C)N(CC)CCOCC. The predicted octanol–water partition coefficient (Wildman–Crippen LogP) is 3.47. The molecular formula is C18H32N2O. The average molecular weight is 292 g/mol. The molecule has 0 aliphatic carbocycles. The van der Waals surface area contributed by atoms with Gasteiger partial charge >= 0.3 is 0 Å². The molecule has 0 saturated carbocycles. The minimum Gasteiger partial charge on any atom is -0.380 e. The summed E-state index contributed by atoms with van der Waals surface area (Å²) in [6, 6.07) is 11.6. The van der Waals surface area contributed by atoms with E-state index in [2.05, 4.69) is 68.2 Å². The van der Waals surface area contributed by atoms with Gasteiger partial charge in [0.05, 0.1) is 6.61 Å². The van der Waals surface area contributed by atoms with Crippen molar-refractivity contribution in [3.63, 3.8) is 0 Å². The zero-order valence-corrected chi connectivity index (χ0v) is 14.1. The lowest BCUT2D eigenvalue weighted by Gasteiger charge is -2.35. The van der Waals surface area contributed by atoms with Crippen LogP contribution in [0, 0.1) is 0 Å². The van der Waals surface area contributed by atoms with Gasteiger partial charge in [-0.1, -0.05) is 44.2 Å². The molecule has 2 atom stereocenters. The molecule has 0 amide bonds. The second kappa shape index (κ2) is 10.8. The van der Waals surface area contributed by atoms with E-state index in [0.717, 1.165) is 39.3 Å². The maximum Gasteiger partial charge on any atom is 0.0593 e. The predicted molar refractivity (Wildman–Crippen MR) is 90.7 cm³/mol. The summed E-state index contributed by atoms with van der Waals surface area (Å²) >= 11 is 0. The smallest absolute Gasteiger partial charge is 0.0593 e. The van der Waals surface area contributed by atoms with Crippen LogP contribution in [0.5, 0.6) is 0 Å². The summed E-state index contributed by atoms with van der Waals surface area (Å²) in [6.07, 6.45) is 1.15. The van der Waals surface area contributed by atoms with Gasteiger partial charge in [0.2, 0.25) is 0 Å². The Balaban J connectivity index is 2.75. The van der Waals surface area contributed by atoms with Crippen LogP contribution in [0.2, 0.25) is 0 Å². The molecule has 0 aliphatic heterocycles. The Morgan fingerprint density at radius 1 is 1.14 bits per heavy atom. The molecule has 3 heteroatoms. The normalized spacial score (nSPS) is 14.3. The van der Waals surface area contributed by atoms with Gasteiger partial charge < -0.3 is 10.1 Å². The first-order valence-electron chi connectivity index (χ1n) is 8.34. The minimum atomic E-state index is 0.368. The second-order valence-electron chi connectivity index (χ2n) is 5.41. The summed E-state index contributed by atoms with van der Waals surface area (Å²) in [5, 5.41) is 3.71. The zero-order chi connectivity index (χ0) is 15.5. The van der Waals surface area contributed by atoms with Crippen molar-refractivity contribution in [3.8, 4) is 0 Å². The topological polar surface area (TPSA) is 24.5 Å². The molecule has 0 saturated heterocycles. The van der Waals surface area contributed by atoms with Crippen molar-refractivity contribution in [3.05, 3.63) is 35.9 Å². The Morgan fingerprint density at radius 3 is 2.43 bits per heavy atom. The van der Waals surface area contributed by atoms with Crippen LogP contribution in [0.15, 0.2) is 30.3 Å². The molecule has 3 nitrogen and oxygen atoms in total.